The molecule has 7 heteroatoms. The number of hydrogen-bond acceptors (Lipinski definition) is 5. The van der Waals surface area contributed by atoms with Gasteiger partial charge in [-0.2, -0.15) is 0 Å². The molecule has 6 nitrogen and oxygen atoms in total. The highest BCUT2D eigenvalue weighted by Gasteiger charge is 2.10. The number of halogens is 1. The molecule has 0 saturated heterocycles. The maximum atomic E-state index is 13.5. The summed E-state index contributed by atoms with van der Waals surface area (Å²) in [5.74, 6) is -0.376. The van der Waals surface area contributed by atoms with Crippen LogP contribution in [0, 0.1) is 5.82 Å². The van der Waals surface area contributed by atoms with Crippen LogP contribution in [0.15, 0.2) is 77.8 Å². The molecule has 0 atom stereocenters. The molecule has 0 spiro atoms. The number of fused-ring (bicyclic) bond motifs is 1. The van der Waals surface area contributed by atoms with Crippen LogP contribution in [0.25, 0.3) is 10.9 Å². The van der Waals surface area contributed by atoms with Crippen LogP contribution in [0.1, 0.15) is 35.5 Å². The van der Waals surface area contributed by atoms with E-state index in [1.807, 2.05) is 38.1 Å². The van der Waals surface area contributed by atoms with Crippen molar-refractivity contribution >= 4 is 22.5 Å². The molecule has 0 bridgehead atoms. The van der Waals surface area contributed by atoms with E-state index in [0.29, 0.717) is 24.2 Å². The number of benzene rings is 1. The summed E-state index contributed by atoms with van der Waals surface area (Å²) in [7, 11) is 0. The summed E-state index contributed by atoms with van der Waals surface area (Å²) in [5.41, 5.74) is 10.0. The van der Waals surface area contributed by atoms with Gasteiger partial charge in [0.1, 0.15) is 11.6 Å². The van der Waals surface area contributed by atoms with Gasteiger partial charge in [0.05, 0.1) is 11.7 Å². The zero-order valence-electron chi connectivity index (χ0n) is 17.5. The lowest BCUT2D eigenvalue weighted by molar-refractivity contribution is 0.0957. The monoisotopic (exact) mass is 417 g/mol. The van der Waals surface area contributed by atoms with Crippen molar-refractivity contribution in [2.75, 3.05) is 6.54 Å². The van der Waals surface area contributed by atoms with Crippen LogP contribution in [-0.2, 0) is 6.42 Å². The Morgan fingerprint density at radius 2 is 2.06 bits per heavy atom. The molecule has 0 aliphatic rings. The van der Waals surface area contributed by atoms with E-state index in [2.05, 4.69) is 26.9 Å². The van der Waals surface area contributed by atoms with Gasteiger partial charge in [-0.15, -0.1) is 0 Å². The molecule has 1 amide bonds. The summed E-state index contributed by atoms with van der Waals surface area (Å²) in [5, 5.41) is 3.61. The second kappa shape index (κ2) is 9.75. The lowest BCUT2D eigenvalue weighted by atomic mass is 10.0. The number of carbonyl (C=O) groups is 1. The quantitative estimate of drug-likeness (QED) is 0.570. The smallest absolute Gasteiger partial charge is 0.251 e. The molecule has 1 aromatic carbocycles. The minimum Gasteiger partial charge on any atom is -0.384 e. The summed E-state index contributed by atoms with van der Waals surface area (Å²) in [6, 6.07) is 10.5. The van der Waals surface area contributed by atoms with E-state index in [4.69, 9.17) is 5.73 Å². The van der Waals surface area contributed by atoms with Crippen molar-refractivity contribution < 1.29 is 9.18 Å². The van der Waals surface area contributed by atoms with Gasteiger partial charge in [-0.05, 0) is 55.3 Å². The normalized spacial score (nSPS) is 12.1. The topological polar surface area (TPSA) is 93.3 Å². The number of allylic oxidation sites excluding steroid dienone is 1. The number of hydrogen-bond donors (Lipinski definition) is 2. The molecule has 3 aromatic rings. The minimum absolute atomic E-state index is 0.216. The van der Waals surface area contributed by atoms with Crippen molar-refractivity contribution in [3.05, 3.63) is 95.5 Å². The van der Waals surface area contributed by atoms with Gasteiger partial charge < -0.3 is 11.1 Å². The molecule has 3 rings (SSSR count). The fourth-order valence-electron chi connectivity index (χ4n) is 3.19. The maximum absolute atomic E-state index is 13.5. The van der Waals surface area contributed by atoms with E-state index in [1.165, 1.54) is 12.3 Å². The predicted octanol–water partition coefficient (Wildman–Crippen LogP) is 3.93. The molecule has 0 saturated carbocycles. The van der Waals surface area contributed by atoms with Crippen molar-refractivity contribution in [1.29, 1.82) is 0 Å². The van der Waals surface area contributed by atoms with Crippen LogP contribution in [-0.4, -0.2) is 28.1 Å². The molecule has 0 fully saturated rings. The first-order chi connectivity index (χ1) is 14.9. The maximum Gasteiger partial charge on any atom is 0.251 e. The van der Waals surface area contributed by atoms with E-state index in [0.717, 1.165) is 27.7 Å². The predicted molar refractivity (Wildman–Crippen MR) is 121 cm³/mol. The summed E-state index contributed by atoms with van der Waals surface area (Å²) in [6.45, 7) is 7.57. The van der Waals surface area contributed by atoms with Gasteiger partial charge in [0.2, 0.25) is 0 Å². The Balaban J connectivity index is 1.71. The van der Waals surface area contributed by atoms with Crippen LogP contribution < -0.4 is 11.1 Å². The SMILES string of the molecule is C=C(N)N=C(C)/C(=C\C)CNC(=O)c1ccnc(Cc2ccc3ncc(F)cc3c2)c1. The average Bonchev–Trinajstić information content (AvgIpc) is 2.73. The molecular weight excluding hydrogens is 393 g/mol. The Labute approximate surface area is 180 Å². The standard InChI is InChI=1S/C24H24FN5O/c1-4-18(15(2)30-16(3)26)13-29-24(31)19-7-8-27-22(12-19)10-17-5-6-23-20(9-17)11-21(25)14-28-23/h4-9,11-12,14H,3,10,13,26H2,1-2H3,(H,29,31)/b18-4-,30-15?. The van der Waals surface area contributed by atoms with E-state index < -0.39 is 0 Å². The second-order valence-corrected chi connectivity index (χ2v) is 7.08. The zero-order valence-corrected chi connectivity index (χ0v) is 17.5. The van der Waals surface area contributed by atoms with E-state index >= 15 is 0 Å². The average molecular weight is 417 g/mol. The van der Waals surface area contributed by atoms with Crippen LogP contribution in [0.4, 0.5) is 4.39 Å². The summed E-state index contributed by atoms with van der Waals surface area (Å²) in [6.07, 6.45) is 5.19. The van der Waals surface area contributed by atoms with Gasteiger partial charge in [0.25, 0.3) is 5.91 Å². The molecule has 0 radical (unpaired) electrons. The third-order valence-corrected chi connectivity index (χ3v) is 4.74. The summed E-state index contributed by atoms with van der Waals surface area (Å²) < 4.78 is 13.5. The third kappa shape index (κ3) is 5.82. The van der Waals surface area contributed by atoms with E-state index in [9.17, 15) is 9.18 Å². The van der Waals surface area contributed by atoms with Gasteiger partial charge in [-0.1, -0.05) is 18.7 Å². The molecule has 2 aromatic heterocycles. The fraction of sp³-hybridized carbons (Fsp3) is 0.167. The lowest BCUT2D eigenvalue weighted by Crippen LogP contribution is -2.27. The van der Waals surface area contributed by atoms with Gasteiger partial charge in [-0.25, -0.2) is 9.38 Å². The van der Waals surface area contributed by atoms with Crippen molar-refractivity contribution in [2.24, 2.45) is 10.7 Å². The number of carbonyl (C=O) groups excluding carboxylic acids is 1. The van der Waals surface area contributed by atoms with Crippen molar-refractivity contribution in [3.63, 3.8) is 0 Å². The number of aromatic nitrogens is 2. The highest BCUT2D eigenvalue weighted by molar-refractivity contribution is 6.00. The highest BCUT2D eigenvalue weighted by Crippen LogP contribution is 2.17. The number of aliphatic imine (C=N–C) groups is 1. The molecule has 158 valence electrons. The van der Waals surface area contributed by atoms with Crippen molar-refractivity contribution in [1.82, 2.24) is 15.3 Å². The van der Waals surface area contributed by atoms with Crippen molar-refractivity contribution in [2.45, 2.75) is 20.3 Å². The van der Waals surface area contributed by atoms with E-state index in [1.54, 1.807) is 18.3 Å². The molecule has 2 heterocycles. The van der Waals surface area contributed by atoms with Gasteiger partial charge in [0.15, 0.2) is 0 Å². The summed E-state index contributed by atoms with van der Waals surface area (Å²) >= 11 is 0. The van der Waals surface area contributed by atoms with Crippen LogP contribution in [0.2, 0.25) is 0 Å². The molecular formula is C24H24FN5O. The Bertz CT molecular complexity index is 1200. The molecule has 0 unspecified atom stereocenters. The zero-order chi connectivity index (χ0) is 22.4. The van der Waals surface area contributed by atoms with Crippen molar-refractivity contribution in [3.8, 4) is 0 Å². The highest BCUT2D eigenvalue weighted by atomic mass is 19.1. The number of amides is 1. The lowest BCUT2D eigenvalue weighted by Gasteiger charge is -2.10. The van der Waals surface area contributed by atoms with Gasteiger partial charge in [0, 0.05) is 41.5 Å². The second-order valence-electron chi connectivity index (χ2n) is 7.08. The van der Waals surface area contributed by atoms with Crippen LogP contribution in [0.5, 0.6) is 0 Å². The number of rotatable bonds is 7. The Kier molecular flexibility index (Phi) is 6.87. The van der Waals surface area contributed by atoms with Crippen LogP contribution in [0.3, 0.4) is 0 Å². The largest absolute Gasteiger partial charge is 0.384 e. The third-order valence-electron chi connectivity index (χ3n) is 4.74. The summed E-state index contributed by atoms with van der Waals surface area (Å²) in [4.78, 5) is 25.2. The Morgan fingerprint density at radius 1 is 1.26 bits per heavy atom. The molecule has 31 heavy (non-hydrogen) atoms. The van der Waals surface area contributed by atoms with Gasteiger partial charge >= 0.3 is 0 Å². The number of nitrogens with zero attached hydrogens (tertiary/aromatic N) is 3. The van der Waals surface area contributed by atoms with Gasteiger partial charge in [-0.3, -0.25) is 14.8 Å². The first kappa shape index (κ1) is 21.8. The Hall–Kier alpha value is -3.87. The molecule has 3 N–H and O–H groups in total. The number of nitrogens with two attached hydrogens (primary N) is 1. The van der Waals surface area contributed by atoms with Crippen LogP contribution >= 0.6 is 0 Å². The van der Waals surface area contributed by atoms with E-state index in [-0.39, 0.29) is 17.5 Å². The Morgan fingerprint density at radius 3 is 2.81 bits per heavy atom. The molecule has 0 aliphatic carbocycles. The number of pyridine rings is 2. The fourth-order valence-corrected chi connectivity index (χ4v) is 3.19. The first-order valence-electron chi connectivity index (χ1n) is 9.78. The minimum atomic E-state index is -0.377. The number of nitrogens with one attached hydrogen (secondary N) is 1. The first-order valence-corrected chi connectivity index (χ1v) is 9.78. The molecule has 0 aliphatic heterocycles.